The highest BCUT2D eigenvalue weighted by atomic mass is 15.0. The zero-order valence-corrected chi connectivity index (χ0v) is 30.5. The number of fused-ring (bicyclic) bond motifs is 9. The molecule has 0 amide bonds. The maximum Gasteiger partial charge on any atom is 0.0541 e. The Bertz CT molecular complexity index is 3050. The van der Waals surface area contributed by atoms with Crippen LogP contribution in [0.1, 0.15) is 38.2 Å². The van der Waals surface area contributed by atoms with E-state index in [0.29, 0.717) is 0 Å². The summed E-state index contributed by atoms with van der Waals surface area (Å²) in [6, 6.07) is 61.3. The highest BCUT2D eigenvalue weighted by Gasteiger charge is 2.24. The van der Waals surface area contributed by atoms with Crippen molar-refractivity contribution in [2.24, 2.45) is 0 Å². The van der Waals surface area contributed by atoms with E-state index >= 15 is 0 Å². The van der Waals surface area contributed by atoms with Gasteiger partial charge in [0, 0.05) is 32.6 Å². The molecule has 8 aromatic carbocycles. The van der Waals surface area contributed by atoms with Crippen LogP contribution in [0.5, 0.6) is 0 Å². The molecule has 0 aliphatic heterocycles. The van der Waals surface area contributed by atoms with Gasteiger partial charge in [-0.3, -0.25) is 0 Å². The molecule has 0 fully saturated rings. The van der Waals surface area contributed by atoms with Gasteiger partial charge in [0.15, 0.2) is 0 Å². The molecule has 0 saturated heterocycles. The number of hydrogen-bond acceptors (Lipinski definition) is 0. The average Bonchev–Trinajstić information content (AvgIpc) is 3.86. The lowest BCUT2D eigenvalue weighted by molar-refractivity contribution is 0.667. The summed E-state index contributed by atoms with van der Waals surface area (Å²) >= 11 is 0. The monoisotopic (exact) mass is 692 g/mol. The minimum atomic E-state index is 1.15. The molecule has 0 radical (unpaired) electrons. The predicted molar refractivity (Wildman–Crippen MR) is 230 cm³/mol. The maximum atomic E-state index is 2.48. The molecule has 0 atom stereocenters. The number of unbranched alkanes of at least 4 members (excludes halogenated alkanes) is 3. The SMILES string of the molecule is CCCCCCc1ccc(-n2c3ccccc3c3cc(-c4ccc5c(c4)c4ccccc4n5-c4ccc5c6c(cccc46)-c4ccccc4-5)ccc32)cc1. The topological polar surface area (TPSA) is 9.86 Å². The summed E-state index contributed by atoms with van der Waals surface area (Å²) in [7, 11) is 0. The molecule has 10 aromatic rings. The Morgan fingerprint density at radius 3 is 1.63 bits per heavy atom. The van der Waals surface area contributed by atoms with E-state index in [-0.39, 0.29) is 0 Å². The first-order chi connectivity index (χ1) is 26.8. The van der Waals surface area contributed by atoms with Gasteiger partial charge in [0.1, 0.15) is 0 Å². The molecule has 1 aliphatic rings. The smallest absolute Gasteiger partial charge is 0.0541 e. The van der Waals surface area contributed by atoms with E-state index in [4.69, 9.17) is 0 Å². The summed E-state index contributed by atoms with van der Waals surface area (Å²) in [5.74, 6) is 0. The summed E-state index contributed by atoms with van der Waals surface area (Å²) in [6.07, 6.45) is 6.32. The van der Waals surface area contributed by atoms with Crippen LogP contribution < -0.4 is 0 Å². The standard InChI is InChI=1S/C52H40N2/c1-2-3-4-5-13-34-22-26-37(27-23-34)53-47-20-10-8-16-40(47)45-32-35(24-29-50(45)53)36-25-30-51-46(33-36)41-17-9-11-21-48(41)54(51)49-31-28-43-39-15-7-6-14-38(39)42-18-12-19-44(49)52(42)43/h6-12,14-33H,2-5,13H2,1H3. The molecule has 0 spiro atoms. The molecule has 11 rings (SSSR count). The minimum Gasteiger partial charge on any atom is -0.309 e. The van der Waals surface area contributed by atoms with Gasteiger partial charge >= 0.3 is 0 Å². The van der Waals surface area contributed by atoms with E-state index in [1.165, 1.54) is 130 Å². The van der Waals surface area contributed by atoms with Crippen LogP contribution in [0.15, 0.2) is 164 Å². The summed E-state index contributed by atoms with van der Waals surface area (Å²) in [6.45, 7) is 2.28. The third kappa shape index (κ3) is 4.66. The Labute approximate surface area is 315 Å². The second kappa shape index (κ2) is 12.4. The maximum absolute atomic E-state index is 2.48. The lowest BCUT2D eigenvalue weighted by atomic mass is 10.0. The van der Waals surface area contributed by atoms with E-state index in [0.717, 1.165) is 6.42 Å². The summed E-state index contributed by atoms with van der Waals surface area (Å²) in [4.78, 5) is 0. The Kier molecular flexibility index (Phi) is 7.13. The van der Waals surface area contributed by atoms with Gasteiger partial charge in [-0.25, -0.2) is 0 Å². The number of para-hydroxylation sites is 2. The zero-order chi connectivity index (χ0) is 35.8. The van der Waals surface area contributed by atoms with Gasteiger partial charge in [-0.1, -0.05) is 135 Å². The third-order valence-electron chi connectivity index (χ3n) is 12.0. The third-order valence-corrected chi connectivity index (χ3v) is 12.0. The minimum absolute atomic E-state index is 1.15. The fourth-order valence-corrected chi connectivity index (χ4v) is 9.40. The van der Waals surface area contributed by atoms with Crippen LogP contribution in [0.3, 0.4) is 0 Å². The van der Waals surface area contributed by atoms with Gasteiger partial charge in [-0.15, -0.1) is 0 Å². The number of aromatic nitrogens is 2. The van der Waals surface area contributed by atoms with Crippen molar-refractivity contribution in [2.75, 3.05) is 0 Å². The lowest BCUT2D eigenvalue weighted by Crippen LogP contribution is -1.96. The van der Waals surface area contributed by atoms with Gasteiger partial charge in [0.2, 0.25) is 0 Å². The van der Waals surface area contributed by atoms with Gasteiger partial charge in [0.05, 0.1) is 27.8 Å². The first-order valence-electron chi connectivity index (χ1n) is 19.6. The van der Waals surface area contributed by atoms with Gasteiger partial charge < -0.3 is 9.13 Å². The number of rotatable bonds is 8. The Balaban J connectivity index is 1.03. The van der Waals surface area contributed by atoms with Gasteiger partial charge in [-0.2, -0.15) is 0 Å². The van der Waals surface area contributed by atoms with Crippen LogP contribution in [0, 0.1) is 0 Å². The van der Waals surface area contributed by atoms with Gasteiger partial charge in [0.25, 0.3) is 0 Å². The summed E-state index contributed by atoms with van der Waals surface area (Å²) < 4.78 is 4.91. The Hall–Kier alpha value is -6.38. The van der Waals surface area contributed by atoms with Crippen molar-refractivity contribution >= 4 is 54.4 Å². The van der Waals surface area contributed by atoms with Crippen molar-refractivity contribution in [1.29, 1.82) is 0 Å². The molecule has 0 unspecified atom stereocenters. The van der Waals surface area contributed by atoms with Crippen LogP contribution in [-0.4, -0.2) is 9.13 Å². The molecule has 2 heterocycles. The van der Waals surface area contributed by atoms with Crippen LogP contribution in [-0.2, 0) is 6.42 Å². The molecule has 258 valence electrons. The van der Waals surface area contributed by atoms with E-state index in [1.54, 1.807) is 0 Å². The highest BCUT2D eigenvalue weighted by molar-refractivity contribution is 6.19. The number of benzene rings is 8. The van der Waals surface area contributed by atoms with Gasteiger partial charge in [-0.05, 0) is 112 Å². The molecule has 0 saturated carbocycles. The summed E-state index contributed by atoms with van der Waals surface area (Å²) in [5.41, 5.74) is 16.6. The van der Waals surface area contributed by atoms with Crippen LogP contribution >= 0.6 is 0 Å². The Morgan fingerprint density at radius 1 is 0.389 bits per heavy atom. The van der Waals surface area contributed by atoms with Crippen molar-refractivity contribution in [3.63, 3.8) is 0 Å². The molecular weight excluding hydrogens is 653 g/mol. The van der Waals surface area contributed by atoms with E-state index in [2.05, 4.69) is 180 Å². The molecule has 2 aromatic heterocycles. The van der Waals surface area contributed by atoms with E-state index in [9.17, 15) is 0 Å². The molecule has 1 aliphatic carbocycles. The van der Waals surface area contributed by atoms with Crippen LogP contribution in [0.25, 0.3) is 99.1 Å². The zero-order valence-electron chi connectivity index (χ0n) is 30.5. The Morgan fingerprint density at radius 2 is 0.944 bits per heavy atom. The lowest BCUT2D eigenvalue weighted by Gasteiger charge is -2.13. The quantitative estimate of drug-likeness (QED) is 0.140. The largest absolute Gasteiger partial charge is 0.309 e. The van der Waals surface area contributed by atoms with Crippen molar-refractivity contribution in [1.82, 2.24) is 9.13 Å². The molecular formula is C52H40N2. The van der Waals surface area contributed by atoms with Crippen molar-refractivity contribution in [3.8, 4) is 44.8 Å². The van der Waals surface area contributed by atoms with E-state index < -0.39 is 0 Å². The second-order valence-electron chi connectivity index (χ2n) is 15.1. The second-order valence-corrected chi connectivity index (χ2v) is 15.1. The van der Waals surface area contributed by atoms with Crippen molar-refractivity contribution in [2.45, 2.75) is 39.0 Å². The number of nitrogens with zero attached hydrogens (tertiary/aromatic N) is 2. The molecule has 0 N–H and O–H groups in total. The van der Waals surface area contributed by atoms with Crippen LogP contribution in [0.2, 0.25) is 0 Å². The first-order valence-corrected chi connectivity index (χ1v) is 19.6. The fourth-order valence-electron chi connectivity index (χ4n) is 9.40. The average molecular weight is 693 g/mol. The molecule has 2 heteroatoms. The first kappa shape index (κ1) is 31.2. The van der Waals surface area contributed by atoms with Crippen molar-refractivity contribution < 1.29 is 0 Å². The molecule has 54 heavy (non-hydrogen) atoms. The van der Waals surface area contributed by atoms with E-state index in [1.807, 2.05) is 0 Å². The highest BCUT2D eigenvalue weighted by Crippen LogP contribution is 2.49. The predicted octanol–water partition coefficient (Wildman–Crippen LogP) is 14.5. The fraction of sp³-hybridized carbons (Fsp3) is 0.115. The molecule has 0 bridgehead atoms. The number of aryl methyl sites for hydroxylation is 1. The summed E-state index contributed by atoms with van der Waals surface area (Å²) in [5, 5.41) is 7.74. The number of hydrogen-bond donors (Lipinski definition) is 0. The molecule has 2 nitrogen and oxygen atoms in total. The van der Waals surface area contributed by atoms with Crippen LogP contribution in [0.4, 0.5) is 0 Å². The normalized spacial score (nSPS) is 12.2. The van der Waals surface area contributed by atoms with Crippen molar-refractivity contribution in [3.05, 3.63) is 169 Å².